The summed E-state index contributed by atoms with van der Waals surface area (Å²) in [6, 6.07) is 5.10. The average molecular weight is 436 g/mol. The zero-order valence-electron chi connectivity index (χ0n) is 17.5. The monoisotopic (exact) mass is 436 g/mol. The van der Waals surface area contributed by atoms with Crippen LogP contribution in [-0.2, 0) is 19.0 Å². The van der Waals surface area contributed by atoms with Crippen molar-refractivity contribution in [3.05, 3.63) is 35.6 Å². The molecule has 1 N–H and O–H groups in total. The molecule has 1 aromatic rings. The van der Waals surface area contributed by atoms with Crippen molar-refractivity contribution in [1.29, 1.82) is 0 Å². The fourth-order valence-electron chi connectivity index (χ4n) is 4.47. The van der Waals surface area contributed by atoms with E-state index in [1.165, 1.54) is 24.3 Å². The van der Waals surface area contributed by atoms with Gasteiger partial charge in [0, 0.05) is 25.2 Å². The summed E-state index contributed by atoms with van der Waals surface area (Å²) in [4.78, 5) is 29.2. The van der Waals surface area contributed by atoms with Gasteiger partial charge in [-0.25, -0.2) is 4.39 Å². The molecule has 31 heavy (non-hydrogen) atoms. The van der Waals surface area contributed by atoms with Crippen LogP contribution in [0.15, 0.2) is 24.3 Å². The summed E-state index contributed by atoms with van der Waals surface area (Å²) >= 11 is 0. The number of carbonyl (C=O) groups excluding carboxylic acids is 2. The molecule has 4 atom stereocenters. The van der Waals surface area contributed by atoms with E-state index in [4.69, 9.17) is 14.2 Å². The van der Waals surface area contributed by atoms with Gasteiger partial charge in [0.1, 0.15) is 11.9 Å². The van der Waals surface area contributed by atoms with Gasteiger partial charge in [0.05, 0.1) is 51.1 Å². The fraction of sp³-hybridized carbons (Fsp3) is 0.636. The van der Waals surface area contributed by atoms with E-state index in [1.807, 2.05) is 0 Å². The maximum Gasteiger partial charge on any atom is 0.254 e. The lowest BCUT2D eigenvalue weighted by Crippen LogP contribution is -2.57. The van der Waals surface area contributed by atoms with E-state index in [-0.39, 0.29) is 50.1 Å². The van der Waals surface area contributed by atoms with Crippen molar-refractivity contribution < 1.29 is 33.3 Å². The molecule has 3 aliphatic heterocycles. The molecule has 170 valence electrons. The minimum absolute atomic E-state index is 0.0492. The van der Waals surface area contributed by atoms with Crippen LogP contribution in [0.2, 0.25) is 0 Å². The minimum Gasteiger partial charge on any atom is -0.389 e. The lowest BCUT2D eigenvalue weighted by molar-refractivity contribution is -0.156. The quantitative estimate of drug-likeness (QED) is 0.755. The van der Waals surface area contributed by atoms with E-state index in [0.717, 1.165) is 0 Å². The molecule has 3 heterocycles. The third-order valence-electron chi connectivity index (χ3n) is 6.10. The number of hydrogen-bond donors (Lipinski definition) is 1. The van der Waals surface area contributed by atoms with E-state index in [1.54, 1.807) is 9.80 Å². The van der Waals surface area contributed by atoms with Gasteiger partial charge in [-0.3, -0.25) is 9.59 Å². The summed E-state index contributed by atoms with van der Waals surface area (Å²) in [6.07, 6.45) is 0.0963. The Bertz CT molecular complexity index is 770. The summed E-state index contributed by atoms with van der Waals surface area (Å²) < 4.78 is 30.4. The second-order valence-corrected chi connectivity index (χ2v) is 8.29. The van der Waals surface area contributed by atoms with E-state index in [2.05, 4.69) is 0 Å². The van der Waals surface area contributed by atoms with Crippen molar-refractivity contribution in [2.75, 3.05) is 46.1 Å². The Morgan fingerprint density at radius 1 is 1.06 bits per heavy atom. The molecule has 8 nitrogen and oxygen atoms in total. The number of carbonyl (C=O) groups is 2. The summed E-state index contributed by atoms with van der Waals surface area (Å²) in [5.74, 6) is -0.639. The molecule has 0 radical (unpaired) electrons. The highest BCUT2D eigenvalue weighted by Crippen LogP contribution is 2.29. The van der Waals surface area contributed by atoms with Gasteiger partial charge in [-0.05, 0) is 37.1 Å². The Morgan fingerprint density at radius 3 is 2.55 bits per heavy atom. The van der Waals surface area contributed by atoms with Crippen LogP contribution in [-0.4, -0.2) is 97.1 Å². The van der Waals surface area contributed by atoms with E-state index >= 15 is 0 Å². The zero-order valence-corrected chi connectivity index (χ0v) is 17.5. The van der Waals surface area contributed by atoms with Crippen molar-refractivity contribution in [2.45, 2.75) is 43.6 Å². The summed E-state index contributed by atoms with van der Waals surface area (Å²) in [5, 5.41) is 10.2. The molecular weight excluding hydrogens is 407 g/mol. The Hall–Kier alpha value is -2.07. The van der Waals surface area contributed by atoms with Crippen LogP contribution in [0.1, 0.15) is 29.6 Å². The summed E-state index contributed by atoms with van der Waals surface area (Å²) in [7, 11) is 0. The number of rotatable bonds is 3. The molecule has 3 aliphatic rings. The van der Waals surface area contributed by atoms with Gasteiger partial charge in [0.15, 0.2) is 0 Å². The third kappa shape index (κ3) is 5.41. The fourth-order valence-corrected chi connectivity index (χ4v) is 4.47. The summed E-state index contributed by atoms with van der Waals surface area (Å²) in [5.41, 5.74) is 0.360. The Labute approximate surface area is 180 Å². The first-order valence-corrected chi connectivity index (χ1v) is 10.8. The second kappa shape index (κ2) is 10.0. The summed E-state index contributed by atoms with van der Waals surface area (Å²) in [6.45, 7) is 2.74. The topological polar surface area (TPSA) is 88.5 Å². The number of amides is 2. The lowest BCUT2D eigenvalue weighted by atomic mass is 9.94. The Balaban J connectivity index is 1.44. The first-order valence-electron chi connectivity index (χ1n) is 10.8. The van der Waals surface area contributed by atoms with Crippen LogP contribution in [0, 0.1) is 5.82 Å². The van der Waals surface area contributed by atoms with Gasteiger partial charge in [-0.1, -0.05) is 0 Å². The van der Waals surface area contributed by atoms with Crippen LogP contribution in [0.3, 0.4) is 0 Å². The highest BCUT2D eigenvalue weighted by molar-refractivity contribution is 5.94. The molecule has 4 rings (SSSR count). The van der Waals surface area contributed by atoms with Crippen LogP contribution in [0.4, 0.5) is 4.39 Å². The predicted molar refractivity (Wildman–Crippen MR) is 108 cm³/mol. The number of aliphatic hydroxyl groups is 1. The van der Waals surface area contributed by atoms with Crippen molar-refractivity contribution >= 4 is 11.8 Å². The van der Waals surface area contributed by atoms with E-state index in [9.17, 15) is 19.1 Å². The van der Waals surface area contributed by atoms with Gasteiger partial charge in [-0.2, -0.15) is 0 Å². The van der Waals surface area contributed by atoms with Crippen molar-refractivity contribution in [3.8, 4) is 0 Å². The molecule has 0 aliphatic carbocycles. The van der Waals surface area contributed by atoms with Crippen molar-refractivity contribution in [3.63, 3.8) is 0 Å². The molecule has 1 aromatic carbocycles. The maximum atomic E-state index is 13.3. The van der Waals surface area contributed by atoms with Crippen molar-refractivity contribution in [2.24, 2.45) is 0 Å². The predicted octanol–water partition coefficient (Wildman–Crippen LogP) is 0.824. The third-order valence-corrected chi connectivity index (χ3v) is 6.10. The average Bonchev–Trinajstić information content (AvgIpc) is 2.77. The largest absolute Gasteiger partial charge is 0.389 e. The van der Waals surface area contributed by atoms with Crippen LogP contribution >= 0.6 is 0 Å². The molecule has 3 saturated heterocycles. The number of benzene rings is 1. The lowest BCUT2D eigenvalue weighted by Gasteiger charge is -2.44. The molecular formula is C22H29FN2O6. The molecule has 0 unspecified atom stereocenters. The number of fused-ring (bicyclic) bond motifs is 1. The molecule has 2 amide bonds. The molecule has 9 heteroatoms. The number of β-amino-alcohol motifs (C(OH)–C–C–N with tert-alkyl or cyclic N) is 1. The Morgan fingerprint density at radius 2 is 1.81 bits per heavy atom. The first-order chi connectivity index (χ1) is 15.0. The number of hydrogen-bond acceptors (Lipinski definition) is 6. The number of halogens is 1. The first kappa shape index (κ1) is 22.1. The minimum atomic E-state index is -0.814. The second-order valence-electron chi connectivity index (χ2n) is 8.29. The number of nitrogens with zero attached hydrogens (tertiary/aromatic N) is 2. The standard InChI is InChI=1S/C22H29FN2O6/c23-16-3-1-15(2-4-16)22(28)25-12-17(26)13-30-14-20-19(25)6-5-18(31-20)11-21(27)24-7-9-29-10-8-24/h1-4,17-20,26H,5-14H2/t17-,18-,19-,20+/m1/s1. The smallest absolute Gasteiger partial charge is 0.254 e. The highest BCUT2D eigenvalue weighted by Gasteiger charge is 2.40. The number of morpholine rings is 1. The Kier molecular flexibility index (Phi) is 7.16. The normalized spacial score (nSPS) is 29.6. The van der Waals surface area contributed by atoms with Gasteiger partial charge in [0.2, 0.25) is 5.91 Å². The number of aliphatic hydroxyl groups excluding tert-OH is 1. The van der Waals surface area contributed by atoms with Gasteiger partial charge in [-0.15, -0.1) is 0 Å². The van der Waals surface area contributed by atoms with Crippen LogP contribution in [0.5, 0.6) is 0 Å². The maximum absolute atomic E-state index is 13.3. The highest BCUT2D eigenvalue weighted by atomic mass is 19.1. The van der Waals surface area contributed by atoms with Gasteiger partial charge >= 0.3 is 0 Å². The van der Waals surface area contributed by atoms with E-state index in [0.29, 0.717) is 44.7 Å². The SMILES string of the molecule is O=C(C[C@H]1CC[C@@H]2[C@H](COC[C@H](O)CN2C(=O)c2ccc(F)cc2)O1)N1CCOCC1. The van der Waals surface area contributed by atoms with Gasteiger partial charge < -0.3 is 29.1 Å². The van der Waals surface area contributed by atoms with Crippen molar-refractivity contribution in [1.82, 2.24) is 9.80 Å². The van der Waals surface area contributed by atoms with Gasteiger partial charge in [0.25, 0.3) is 5.91 Å². The molecule has 0 spiro atoms. The molecule has 0 saturated carbocycles. The molecule has 0 aromatic heterocycles. The number of ether oxygens (including phenoxy) is 3. The zero-order chi connectivity index (χ0) is 21.8. The van der Waals surface area contributed by atoms with E-state index < -0.39 is 18.0 Å². The van der Waals surface area contributed by atoms with Crippen LogP contribution < -0.4 is 0 Å². The molecule has 3 fully saturated rings. The molecule has 0 bridgehead atoms. The van der Waals surface area contributed by atoms with Crippen LogP contribution in [0.25, 0.3) is 0 Å².